The van der Waals surface area contributed by atoms with Gasteiger partial charge >= 0.3 is 10.3 Å². The van der Waals surface area contributed by atoms with Gasteiger partial charge in [0.05, 0.1) is 6.61 Å². The maximum Gasteiger partial charge on any atom is 0.355 e. The van der Waals surface area contributed by atoms with Crippen molar-refractivity contribution in [3.8, 4) is 0 Å². The van der Waals surface area contributed by atoms with Crippen molar-refractivity contribution in [3.63, 3.8) is 0 Å². The monoisotopic (exact) mass is 275 g/mol. The van der Waals surface area contributed by atoms with Crippen LogP contribution in [0.2, 0.25) is 0 Å². The molecule has 0 aliphatic carbocycles. The molecule has 1 heterocycles. The van der Waals surface area contributed by atoms with Gasteiger partial charge in [-0.25, -0.2) is 0 Å². The SMILES string of the molecule is O=S(=O)(O)NO[C@H]1C(O)O[C@H](CO)[C@@H](O)[C@@H]1O. The fraction of sp³-hybridized carbons (Fsp3) is 1.00. The molecule has 0 radical (unpaired) electrons. The Hall–Kier alpha value is -0.370. The number of aliphatic hydroxyl groups is 4. The second kappa shape index (κ2) is 5.51. The second-order valence-corrected chi connectivity index (χ2v) is 4.49. The lowest BCUT2D eigenvalue weighted by Crippen LogP contribution is -2.60. The normalized spacial score (nSPS) is 39.2. The number of hydrogen-bond acceptors (Lipinski definition) is 8. The van der Waals surface area contributed by atoms with Crippen molar-refractivity contribution in [2.75, 3.05) is 6.61 Å². The highest BCUT2D eigenvalue weighted by molar-refractivity contribution is 7.83. The highest BCUT2D eigenvalue weighted by Gasteiger charge is 2.45. The summed E-state index contributed by atoms with van der Waals surface area (Å²) in [5.41, 5.74) is 0. The molecule has 0 aromatic heterocycles. The summed E-state index contributed by atoms with van der Waals surface area (Å²) >= 11 is 0. The maximum atomic E-state index is 10.3. The average molecular weight is 275 g/mol. The molecule has 1 rings (SSSR count). The number of nitrogens with one attached hydrogen (secondary N) is 1. The molecule has 1 aliphatic rings. The van der Waals surface area contributed by atoms with Crippen LogP contribution in [0.15, 0.2) is 0 Å². The molecule has 5 atom stereocenters. The minimum absolute atomic E-state index is 0.659. The molecule has 0 saturated carbocycles. The zero-order chi connectivity index (χ0) is 13.2. The van der Waals surface area contributed by atoms with Crippen molar-refractivity contribution in [2.24, 2.45) is 0 Å². The van der Waals surface area contributed by atoms with Gasteiger partial charge in [-0.15, -0.1) is 0 Å². The van der Waals surface area contributed by atoms with Gasteiger partial charge in [-0.1, -0.05) is 4.89 Å². The van der Waals surface area contributed by atoms with Crippen LogP contribution in [0, 0.1) is 0 Å². The summed E-state index contributed by atoms with van der Waals surface area (Å²) in [7, 11) is -4.69. The van der Waals surface area contributed by atoms with Gasteiger partial charge in [0.2, 0.25) is 0 Å². The highest BCUT2D eigenvalue weighted by atomic mass is 32.2. The number of hydrogen-bond donors (Lipinski definition) is 6. The fourth-order valence-corrected chi connectivity index (χ4v) is 1.55. The van der Waals surface area contributed by atoms with Crippen molar-refractivity contribution in [3.05, 3.63) is 0 Å². The molecule has 17 heavy (non-hydrogen) atoms. The van der Waals surface area contributed by atoms with E-state index in [0.717, 1.165) is 4.89 Å². The molecule has 1 unspecified atom stereocenters. The predicted octanol–water partition coefficient (Wildman–Crippen LogP) is -3.89. The molecule has 1 saturated heterocycles. The maximum absolute atomic E-state index is 10.3. The van der Waals surface area contributed by atoms with E-state index >= 15 is 0 Å². The van der Waals surface area contributed by atoms with Crippen LogP contribution >= 0.6 is 0 Å². The summed E-state index contributed by atoms with van der Waals surface area (Å²) in [6, 6.07) is 0. The summed E-state index contributed by atoms with van der Waals surface area (Å²) in [5, 5.41) is 36.9. The van der Waals surface area contributed by atoms with Crippen molar-refractivity contribution < 1.29 is 43.0 Å². The van der Waals surface area contributed by atoms with Crippen LogP contribution in [0.25, 0.3) is 0 Å². The standard InChI is InChI=1S/C6H13NO9S/c8-1-2-3(9)4(10)5(6(11)15-2)16-7-17(12,13)14/h2-11H,1H2,(H,12,13,14)/t2-,3-,4+,5-,6?/m1/s1. The van der Waals surface area contributed by atoms with Crippen LogP contribution in [0.4, 0.5) is 0 Å². The Bertz CT molecular complexity index is 345. The van der Waals surface area contributed by atoms with E-state index in [4.69, 9.17) is 9.66 Å². The van der Waals surface area contributed by atoms with Crippen molar-refractivity contribution in [1.29, 1.82) is 0 Å². The molecule has 11 heteroatoms. The molecule has 0 aromatic rings. The van der Waals surface area contributed by atoms with Crippen molar-refractivity contribution >= 4 is 10.3 Å². The van der Waals surface area contributed by atoms with E-state index in [1.165, 1.54) is 0 Å². The molecule has 0 spiro atoms. The minimum atomic E-state index is -4.69. The van der Waals surface area contributed by atoms with E-state index in [1.807, 2.05) is 0 Å². The topological polar surface area (TPSA) is 166 Å². The molecule has 1 fully saturated rings. The van der Waals surface area contributed by atoms with E-state index in [-0.39, 0.29) is 0 Å². The van der Waals surface area contributed by atoms with Gasteiger partial charge in [0.1, 0.15) is 18.3 Å². The third-order valence-electron chi connectivity index (χ3n) is 2.13. The Morgan fingerprint density at radius 1 is 1.24 bits per heavy atom. The first kappa shape index (κ1) is 14.7. The third-order valence-corrected chi connectivity index (χ3v) is 2.44. The van der Waals surface area contributed by atoms with E-state index in [9.17, 15) is 23.7 Å². The van der Waals surface area contributed by atoms with Gasteiger partial charge in [-0.2, -0.15) is 8.42 Å². The van der Waals surface area contributed by atoms with Crippen LogP contribution in [0.1, 0.15) is 0 Å². The lowest BCUT2D eigenvalue weighted by atomic mass is 9.99. The lowest BCUT2D eigenvalue weighted by Gasteiger charge is -2.39. The van der Waals surface area contributed by atoms with Crippen LogP contribution in [0.3, 0.4) is 0 Å². The number of rotatable bonds is 4. The quantitative estimate of drug-likeness (QED) is 0.222. The molecule has 0 amide bonds. The summed E-state index contributed by atoms with van der Waals surface area (Å²) in [5.74, 6) is 0. The Kier molecular flexibility index (Phi) is 4.77. The first-order chi connectivity index (χ1) is 7.76. The van der Waals surface area contributed by atoms with Crippen molar-refractivity contribution in [2.45, 2.75) is 30.7 Å². The molecule has 1 aliphatic heterocycles. The number of ether oxygens (including phenoxy) is 1. The minimum Gasteiger partial charge on any atom is -0.394 e. The first-order valence-corrected chi connectivity index (χ1v) is 5.90. The van der Waals surface area contributed by atoms with Gasteiger partial charge in [0.15, 0.2) is 12.4 Å². The molecular weight excluding hydrogens is 262 g/mol. The van der Waals surface area contributed by atoms with Gasteiger partial charge in [-0.3, -0.25) is 9.39 Å². The van der Waals surface area contributed by atoms with E-state index in [1.54, 1.807) is 0 Å². The summed E-state index contributed by atoms with van der Waals surface area (Å²) in [6.45, 7) is -0.659. The Morgan fingerprint density at radius 3 is 2.29 bits per heavy atom. The highest BCUT2D eigenvalue weighted by Crippen LogP contribution is 2.21. The molecule has 102 valence electrons. The van der Waals surface area contributed by atoms with E-state index < -0.39 is 47.6 Å². The fourth-order valence-electron chi connectivity index (χ4n) is 1.32. The molecule has 6 N–H and O–H groups in total. The Labute approximate surface area is 96.2 Å². The van der Waals surface area contributed by atoms with E-state index in [2.05, 4.69) is 9.57 Å². The van der Waals surface area contributed by atoms with Crippen LogP contribution < -0.4 is 4.89 Å². The van der Waals surface area contributed by atoms with Crippen LogP contribution in [-0.2, 0) is 19.9 Å². The van der Waals surface area contributed by atoms with Crippen molar-refractivity contribution in [1.82, 2.24) is 4.89 Å². The molecule has 0 bridgehead atoms. The predicted molar refractivity (Wildman–Crippen MR) is 49.5 cm³/mol. The summed E-state index contributed by atoms with van der Waals surface area (Å²) < 4.78 is 33.6. The van der Waals surface area contributed by atoms with Gasteiger partial charge in [-0.05, 0) is 0 Å². The lowest BCUT2D eigenvalue weighted by molar-refractivity contribution is -0.301. The third kappa shape index (κ3) is 3.80. The van der Waals surface area contributed by atoms with Crippen LogP contribution in [-0.4, -0.2) is 70.7 Å². The largest absolute Gasteiger partial charge is 0.394 e. The van der Waals surface area contributed by atoms with Crippen LogP contribution in [0.5, 0.6) is 0 Å². The Morgan fingerprint density at radius 2 is 1.82 bits per heavy atom. The van der Waals surface area contributed by atoms with Gasteiger partial charge in [0.25, 0.3) is 0 Å². The zero-order valence-corrected chi connectivity index (χ0v) is 9.19. The summed E-state index contributed by atoms with van der Waals surface area (Å²) in [4.78, 5) is 5.44. The summed E-state index contributed by atoms with van der Waals surface area (Å²) in [6.07, 6.45) is -7.98. The molecular formula is C6H13NO9S. The smallest absolute Gasteiger partial charge is 0.355 e. The van der Waals surface area contributed by atoms with Gasteiger partial charge < -0.3 is 25.2 Å². The zero-order valence-electron chi connectivity index (χ0n) is 8.37. The van der Waals surface area contributed by atoms with Gasteiger partial charge in [0, 0.05) is 0 Å². The molecule has 0 aromatic carbocycles. The first-order valence-electron chi connectivity index (χ1n) is 4.46. The Balaban J connectivity index is 2.66. The average Bonchev–Trinajstić information content (AvgIpc) is 2.21. The van der Waals surface area contributed by atoms with E-state index in [0.29, 0.717) is 0 Å². The number of aliphatic hydroxyl groups excluding tert-OH is 4. The second-order valence-electron chi connectivity index (χ2n) is 3.37. The molecule has 10 nitrogen and oxygen atoms in total.